The molecule has 0 aliphatic carbocycles. The van der Waals surface area contributed by atoms with E-state index < -0.39 is 0 Å². The molecule has 1 aromatic carbocycles. The summed E-state index contributed by atoms with van der Waals surface area (Å²) in [7, 11) is 3.40. The van der Waals surface area contributed by atoms with Gasteiger partial charge in [-0.05, 0) is 44.4 Å². The SMILES string of the molecule is COc1c(-c2cc(C(=O)NCCCCCF)nc3ccc(C)cc23)cnn1C. The lowest BCUT2D eigenvalue weighted by atomic mass is 10.0. The van der Waals surface area contributed by atoms with Crippen LogP contribution in [-0.2, 0) is 7.05 Å². The maximum absolute atomic E-state index is 12.6. The number of benzene rings is 1. The van der Waals surface area contributed by atoms with Crippen LogP contribution in [0.5, 0.6) is 5.88 Å². The third kappa shape index (κ3) is 4.13. The number of pyridine rings is 1. The lowest BCUT2D eigenvalue weighted by Gasteiger charge is -2.11. The van der Waals surface area contributed by atoms with Crippen LogP contribution in [0.1, 0.15) is 35.3 Å². The molecular weight excluding hydrogens is 359 g/mol. The van der Waals surface area contributed by atoms with Crippen molar-refractivity contribution in [3.8, 4) is 17.0 Å². The van der Waals surface area contributed by atoms with Crippen LogP contribution in [0.15, 0.2) is 30.5 Å². The number of rotatable bonds is 8. The lowest BCUT2D eigenvalue weighted by Crippen LogP contribution is -2.25. The first-order valence-electron chi connectivity index (χ1n) is 9.37. The number of alkyl halides is 1. The normalized spacial score (nSPS) is 11.0. The average molecular weight is 384 g/mol. The number of carbonyl (C=O) groups excluding carboxylic acids is 1. The van der Waals surface area contributed by atoms with Gasteiger partial charge in [0.15, 0.2) is 0 Å². The molecule has 1 amide bonds. The Morgan fingerprint density at radius 2 is 2.04 bits per heavy atom. The molecule has 3 aromatic rings. The van der Waals surface area contributed by atoms with Crippen molar-refractivity contribution in [3.63, 3.8) is 0 Å². The second kappa shape index (κ2) is 8.82. The Labute approximate surface area is 163 Å². The van der Waals surface area contributed by atoms with Gasteiger partial charge in [0.1, 0.15) is 5.69 Å². The van der Waals surface area contributed by atoms with Crippen molar-refractivity contribution in [2.45, 2.75) is 26.2 Å². The highest BCUT2D eigenvalue weighted by molar-refractivity contribution is 6.02. The molecule has 6 nitrogen and oxygen atoms in total. The van der Waals surface area contributed by atoms with Gasteiger partial charge in [-0.1, -0.05) is 11.6 Å². The van der Waals surface area contributed by atoms with Gasteiger partial charge in [0.05, 0.1) is 31.1 Å². The molecule has 0 saturated heterocycles. The summed E-state index contributed by atoms with van der Waals surface area (Å²) in [4.78, 5) is 17.2. The standard InChI is InChI=1S/C21H25FN4O2/c1-14-7-8-18-16(11-14)15(17-13-24-26(2)21(17)28-3)12-19(25-18)20(27)23-10-6-4-5-9-22/h7-8,11-13H,4-6,9-10H2,1-3H3,(H,23,27). The van der Waals surface area contributed by atoms with E-state index in [4.69, 9.17) is 4.74 Å². The van der Waals surface area contributed by atoms with E-state index in [1.165, 1.54) is 0 Å². The van der Waals surface area contributed by atoms with Gasteiger partial charge in [0.2, 0.25) is 5.88 Å². The zero-order valence-electron chi connectivity index (χ0n) is 16.5. The molecular formula is C21H25FN4O2. The minimum atomic E-state index is -0.324. The Morgan fingerprint density at radius 3 is 2.79 bits per heavy atom. The van der Waals surface area contributed by atoms with Crippen molar-refractivity contribution >= 4 is 16.8 Å². The first kappa shape index (κ1) is 19.8. The molecule has 0 atom stereocenters. The Kier molecular flexibility index (Phi) is 6.23. The summed E-state index contributed by atoms with van der Waals surface area (Å²) in [5.41, 5.74) is 3.82. The summed E-state index contributed by atoms with van der Waals surface area (Å²) in [5, 5.41) is 8.09. The van der Waals surface area contributed by atoms with Gasteiger partial charge in [-0.25, -0.2) is 9.67 Å². The van der Waals surface area contributed by atoms with Crippen LogP contribution in [-0.4, -0.2) is 41.0 Å². The number of hydrogen-bond acceptors (Lipinski definition) is 4. The van der Waals surface area contributed by atoms with Gasteiger partial charge < -0.3 is 10.1 Å². The van der Waals surface area contributed by atoms with Crippen molar-refractivity contribution in [3.05, 3.63) is 41.7 Å². The fourth-order valence-corrected chi connectivity index (χ4v) is 3.22. The molecule has 0 saturated carbocycles. The Hall–Kier alpha value is -2.96. The quantitative estimate of drug-likeness (QED) is 0.600. The molecule has 3 rings (SSSR count). The number of carbonyl (C=O) groups is 1. The summed E-state index contributed by atoms with van der Waals surface area (Å²) in [6, 6.07) is 7.70. The van der Waals surface area contributed by atoms with Crippen LogP contribution in [0.4, 0.5) is 4.39 Å². The van der Waals surface area contributed by atoms with Crippen molar-refractivity contribution in [2.75, 3.05) is 20.3 Å². The Morgan fingerprint density at radius 1 is 1.21 bits per heavy atom. The summed E-state index contributed by atoms with van der Waals surface area (Å²) in [6.45, 7) is 2.19. The van der Waals surface area contributed by atoms with Crippen LogP contribution >= 0.6 is 0 Å². The lowest BCUT2D eigenvalue weighted by molar-refractivity contribution is 0.0948. The number of unbranched alkanes of at least 4 members (excludes halogenated alkanes) is 2. The minimum absolute atomic E-state index is 0.244. The van der Waals surface area contributed by atoms with Gasteiger partial charge in [0, 0.05) is 24.5 Å². The highest BCUT2D eigenvalue weighted by Crippen LogP contribution is 2.35. The summed E-state index contributed by atoms with van der Waals surface area (Å²) in [5.74, 6) is 0.374. The first-order chi connectivity index (χ1) is 13.5. The van der Waals surface area contributed by atoms with Crippen molar-refractivity contribution in [2.24, 2.45) is 7.05 Å². The largest absolute Gasteiger partial charge is 0.481 e. The summed E-state index contributed by atoms with van der Waals surface area (Å²) >= 11 is 0. The van der Waals surface area contributed by atoms with E-state index >= 15 is 0 Å². The monoisotopic (exact) mass is 384 g/mol. The predicted octanol–water partition coefficient (Wildman–Crippen LogP) is 3.82. The highest BCUT2D eigenvalue weighted by Gasteiger charge is 2.18. The van der Waals surface area contributed by atoms with E-state index in [2.05, 4.69) is 15.4 Å². The molecule has 0 aliphatic heterocycles. The summed E-state index contributed by atoms with van der Waals surface area (Å²) in [6.07, 6.45) is 3.74. The zero-order chi connectivity index (χ0) is 20.1. The van der Waals surface area contributed by atoms with E-state index in [-0.39, 0.29) is 12.6 Å². The molecule has 0 radical (unpaired) electrons. The highest BCUT2D eigenvalue weighted by atomic mass is 19.1. The second-order valence-electron chi connectivity index (χ2n) is 6.77. The van der Waals surface area contributed by atoms with Crippen LogP contribution in [0.25, 0.3) is 22.0 Å². The van der Waals surface area contributed by atoms with Gasteiger partial charge >= 0.3 is 0 Å². The van der Waals surface area contributed by atoms with Gasteiger partial charge in [-0.15, -0.1) is 0 Å². The van der Waals surface area contributed by atoms with E-state index in [0.29, 0.717) is 24.5 Å². The molecule has 148 valence electrons. The molecule has 2 aromatic heterocycles. The van der Waals surface area contributed by atoms with Crippen molar-refractivity contribution in [1.29, 1.82) is 0 Å². The number of fused-ring (bicyclic) bond motifs is 1. The third-order valence-corrected chi connectivity index (χ3v) is 4.66. The number of ether oxygens (including phenoxy) is 1. The van der Waals surface area contributed by atoms with Crippen molar-refractivity contribution in [1.82, 2.24) is 20.1 Å². The van der Waals surface area contributed by atoms with Crippen LogP contribution in [0.2, 0.25) is 0 Å². The molecule has 0 fully saturated rings. The smallest absolute Gasteiger partial charge is 0.269 e. The minimum Gasteiger partial charge on any atom is -0.481 e. The Balaban J connectivity index is 1.99. The van der Waals surface area contributed by atoms with Crippen LogP contribution < -0.4 is 10.1 Å². The van der Waals surface area contributed by atoms with Gasteiger partial charge in [0.25, 0.3) is 5.91 Å². The Bertz CT molecular complexity index is 984. The molecule has 28 heavy (non-hydrogen) atoms. The van der Waals surface area contributed by atoms with Gasteiger partial charge in [-0.2, -0.15) is 5.10 Å². The maximum Gasteiger partial charge on any atom is 0.269 e. The topological polar surface area (TPSA) is 69.0 Å². The molecule has 0 unspecified atom stereocenters. The van der Waals surface area contributed by atoms with E-state index in [0.717, 1.165) is 40.4 Å². The van der Waals surface area contributed by atoms with E-state index in [9.17, 15) is 9.18 Å². The summed E-state index contributed by atoms with van der Waals surface area (Å²) < 4.78 is 19.3. The predicted molar refractivity (Wildman–Crippen MR) is 107 cm³/mol. The van der Waals surface area contributed by atoms with E-state index in [1.54, 1.807) is 24.1 Å². The fraction of sp³-hybridized carbons (Fsp3) is 0.381. The molecule has 0 aliphatic rings. The number of amides is 1. The number of nitrogens with zero attached hydrogens (tertiary/aromatic N) is 3. The molecule has 7 heteroatoms. The van der Waals surface area contributed by atoms with Crippen LogP contribution in [0.3, 0.4) is 0 Å². The third-order valence-electron chi connectivity index (χ3n) is 4.66. The number of halogens is 1. The second-order valence-corrected chi connectivity index (χ2v) is 6.77. The zero-order valence-corrected chi connectivity index (χ0v) is 16.5. The average Bonchev–Trinajstić information content (AvgIpc) is 3.07. The number of nitrogens with one attached hydrogen (secondary N) is 1. The molecule has 0 bridgehead atoms. The first-order valence-corrected chi connectivity index (χ1v) is 9.37. The number of aryl methyl sites for hydroxylation is 2. The molecule has 0 spiro atoms. The fourth-order valence-electron chi connectivity index (χ4n) is 3.22. The molecule has 2 heterocycles. The van der Waals surface area contributed by atoms with Crippen LogP contribution in [0, 0.1) is 6.92 Å². The number of hydrogen-bond donors (Lipinski definition) is 1. The number of methoxy groups -OCH3 is 1. The maximum atomic E-state index is 12.6. The number of aromatic nitrogens is 3. The van der Waals surface area contributed by atoms with E-state index in [1.807, 2.05) is 32.2 Å². The van der Waals surface area contributed by atoms with Crippen molar-refractivity contribution < 1.29 is 13.9 Å². The van der Waals surface area contributed by atoms with Gasteiger partial charge in [-0.3, -0.25) is 9.18 Å². The molecule has 1 N–H and O–H groups in total.